The molecular weight excluding hydrogens is 333 g/mol. The van der Waals surface area contributed by atoms with Gasteiger partial charge in [-0.25, -0.2) is 4.98 Å². The van der Waals surface area contributed by atoms with Gasteiger partial charge in [-0.2, -0.15) is 0 Å². The molecule has 84 valence electrons. The highest BCUT2D eigenvalue weighted by Gasteiger charge is 2.11. The molecular formula is C11H12IN3S. The Hall–Kier alpha value is -0.500. The van der Waals surface area contributed by atoms with E-state index in [0.29, 0.717) is 0 Å². The lowest BCUT2D eigenvalue weighted by atomic mass is 10.1. The van der Waals surface area contributed by atoms with Crippen LogP contribution in [-0.2, 0) is 6.42 Å². The fourth-order valence-corrected chi connectivity index (χ4v) is 2.76. The predicted octanol–water partition coefficient (Wildman–Crippen LogP) is 2.49. The van der Waals surface area contributed by atoms with Gasteiger partial charge in [0.15, 0.2) is 0 Å². The zero-order valence-electron chi connectivity index (χ0n) is 8.56. The number of nitrogens with one attached hydrogen (secondary N) is 1. The van der Waals surface area contributed by atoms with Crippen molar-refractivity contribution in [1.82, 2.24) is 10.4 Å². The van der Waals surface area contributed by atoms with Gasteiger partial charge in [0, 0.05) is 21.6 Å². The Morgan fingerprint density at radius 1 is 1.50 bits per heavy atom. The van der Waals surface area contributed by atoms with E-state index < -0.39 is 0 Å². The predicted molar refractivity (Wildman–Crippen MR) is 75.0 cm³/mol. The number of hydrogen-bond acceptors (Lipinski definition) is 4. The summed E-state index contributed by atoms with van der Waals surface area (Å²) in [6.45, 7) is 0. The lowest BCUT2D eigenvalue weighted by molar-refractivity contribution is 0.550. The first-order chi connectivity index (χ1) is 7.79. The fraction of sp³-hybridized carbons (Fsp3) is 0.182. The molecule has 0 amide bonds. The molecule has 0 saturated heterocycles. The highest BCUT2D eigenvalue weighted by Crippen LogP contribution is 2.20. The van der Waals surface area contributed by atoms with E-state index in [4.69, 9.17) is 5.84 Å². The van der Waals surface area contributed by atoms with Crippen LogP contribution in [0.4, 0.5) is 0 Å². The van der Waals surface area contributed by atoms with E-state index in [0.717, 1.165) is 11.4 Å². The van der Waals surface area contributed by atoms with Gasteiger partial charge in [0.05, 0.1) is 11.0 Å². The van der Waals surface area contributed by atoms with Crippen molar-refractivity contribution in [3.63, 3.8) is 0 Å². The summed E-state index contributed by atoms with van der Waals surface area (Å²) in [5.74, 6) is 5.60. The van der Waals surface area contributed by atoms with Gasteiger partial charge in [0.2, 0.25) is 0 Å². The third-order valence-electron chi connectivity index (χ3n) is 2.31. The van der Waals surface area contributed by atoms with Crippen molar-refractivity contribution in [3.05, 3.63) is 50.0 Å². The van der Waals surface area contributed by atoms with Gasteiger partial charge >= 0.3 is 0 Å². The molecule has 0 aliphatic rings. The number of rotatable bonds is 4. The average Bonchev–Trinajstić information content (AvgIpc) is 2.78. The van der Waals surface area contributed by atoms with E-state index in [1.54, 1.807) is 11.3 Å². The van der Waals surface area contributed by atoms with Crippen LogP contribution < -0.4 is 11.3 Å². The van der Waals surface area contributed by atoms with Crippen LogP contribution in [0.15, 0.2) is 35.8 Å². The summed E-state index contributed by atoms with van der Waals surface area (Å²) in [5, 5.41) is 3.08. The number of hydrazine groups is 1. The maximum Gasteiger partial charge on any atom is 0.0944 e. The smallest absolute Gasteiger partial charge is 0.0944 e. The van der Waals surface area contributed by atoms with E-state index in [9.17, 15) is 0 Å². The van der Waals surface area contributed by atoms with Crippen LogP contribution in [0.3, 0.4) is 0 Å². The van der Waals surface area contributed by atoms with E-state index in [1.165, 1.54) is 9.13 Å². The Balaban J connectivity index is 2.16. The van der Waals surface area contributed by atoms with E-state index in [-0.39, 0.29) is 6.04 Å². The van der Waals surface area contributed by atoms with Gasteiger partial charge in [-0.3, -0.25) is 11.3 Å². The van der Waals surface area contributed by atoms with Crippen LogP contribution in [0.2, 0.25) is 0 Å². The average molecular weight is 345 g/mol. The summed E-state index contributed by atoms with van der Waals surface area (Å²) in [6, 6.07) is 8.46. The first-order valence-electron chi connectivity index (χ1n) is 4.89. The van der Waals surface area contributed by atoms with Gasteiger partial charge in [-0.15, -0.1) is 11.3 Å². The fourth-order valence-electron chi connectivity index (χ4n) is 1.52. The van der Waals surface area contributed by atoms with Gasteiger partial charge in [-0.05, 0) is 40.3 Å². The summed E-state index contributed by atoms with van der Waals surface area (Å²) in [5.41, 5.74) is 4.05. The summed E-state index contributed by atoms with van der Waals surface area (Å²) in [7, 11) is 0. The van der Waals surface area contributed by atoms with Crippen LogP contribution in [0.5, 0.6) is 0 Å². The number of thiazole rings is 1. The minimum atomic E-state index is 0.126. The zero-order chi connectivity index (χ0) is 11.4. The molecule has 5 heteroatoms. The quantitative estimate of drug-likeness (QED) is 0.509. The summed E-state index contributed by atoms with van der Waals surface area (Å²) < 4.78 is 1.22. The molecule has 0 spiro atoms. The summed E-state index contributed by atoms with van der Waals surface area (Å²) in [6.07, 6.45) is 2.65. The molecule has 0 fully saturated rings. The molecule has 1 heterocycles. The molecule has 1 aromatic heterocycles. The monoisotopic (exact) mass is 345 g/mol. The van der Waals surface area contributed by atoms with Gasteiger partial charge in [-0.1, -0.05) is 12.1 Å². The summed E-state index contributed by atoms with van der Waals surface area (Å²) >= 11 is 3.96. The first-order valence-corrected chi connectivity index (χ1v) is 6.85. The molecule has 0 aliphatic heterocycles. The van der Waals surface area contributed by atoms with Crippen LogP contribution in [0.1, 0.15) is 16.6 Å². The minimum absolute atomic E-state index is 0.126. The number of nitrogens with two attached hydrogens (primary N) is 1. The van der Waals surface area contributed by atoms with Crippen LogP contribution >= 0.6 is 33.9 Å². The maximum absolute atomic E-state index is 5.60. The topological polar surface area (TPSA) is 50.9 Å². The molecule has 3 nitrogen and oxygen atoms in total. The van der Waals surface area contributed by atoms with Crippen molar-refractivity contribution in [2.45, 2.75) is 12.5 Å². The lowest BCUT2D eigenvalue weighted by Gasteiger charge is -2.15. The van der Waals surface area contributed by atoms with Crippen LogP contribution in [0.25, 0.3) is 0 Å². The molecule has 16 heavy (non-hydrogen) atoms. The molecule has 0 saturated carbocycles. The van der Waals surface area contributed by atoms with Crippen molar-refractivity contribution < 1.29 is 0 Å². The van der Waals surface area contributed by atoms with Crippen LogP contribution in [-0.4, -0.2) is 4.98 Å². The van der Waals surface area contributed by atoms with Gasteiger partial charge in [0.1, 0.15) is 0 Å². The normalized spacial score (nSPS) is 12.6. The Labute approximate surface area is 112 Å². The second kappa shape index (κ2) is 5.72. The zero-order valence-corrected chi connectivity index (χ0v) is 11.5. The van der Waals surface area contributed by atoms with Crippen molar-refractivity contribution in [3.8, 4) is 0 Å². The Morgan fingerprint density at radius 2 is 2.38 bits per heavy atom. The molecule has 0 radical (unpaired) electrons. The second-order valence-corrected chi connectivity index (χ2v) is 5.63. The van der Waals surface area contributed by atoms with Gasteiger partial charge in [0.25, 0.3) is 0 Å². The standard InChI is InChI=1S/C11H12IN3S/c12-9-3-1-2-8(6-9)10(15-13)7-11-14-4-5-16-11/h1-6,10,15H,7,13H2. The molecule has 1 atom stereocenters. The van der Waals surface area contributed by atoms with Gasteiger partial charge < -0.3 is 0 Å². The molecule has 1 unspecified atom stereocenters. The molecule has 1 aromatic carbocycles. The molecule has 2 aromatic rings. The van der Waals surface area contributed by atoms with Crippen molar-refractivity contribution in [1.29, 1.82) is 0 Å². The number of benzene rings is 1. The first kappa shape index (κ1) is 12.0. The Morgan fingerprint density at radius 3 is 3.00 bits per heavy atom. The Kier molecular flexibility index (Phi) is 4.28. The maximum atomic E-state index is 5.60. The van der Waals surface area contributed by atoms with E-state index in [2.05, 4.69) is 51.2 Å². The van der Waals surface area contributed by atoms with Crippen molar-refractivity contribution in [2.24, 2.45) is 5.84 Å². The van der Waals surface area contributed by atoms with Crippen LogP contribution in [0, 0.1) is 3.57 Å². The third kappa shape index (κ3) is 3.00. The SMILES string of the molecule is NNC(Cc1nccs1)c1cccc(I)c1. The number of nitrogens with zero attached hydrogens (tertiary/aromatic N) is 1. The van der Waals surface area contributed by atoms with E-state index >= 15 is 0 Å². The molecule has 0 aliphatic carbocycles. The summed E-state index contributed by atoms with van der Waals surface area (Å²) in [4.78, 5) is 4.27. The lowest BCUT2D eigenvalue weighted by Crippen LogP contribution is -2.29. The van der Waals surface area contributed by atoms with E-state index in [1.807, 2.05) is 17.6 Å². The minimum Gasteiger partial charge on any atom is -0.271 e. The van der Waals surface area contributed by atoms with Crippen molar-refractivity contribution >= 4 is 33.9 Å². The number of aromatic nitrogens is 1. The largest absolute Gasteiger partial charge is 0.271 e. The molecule has 3 N–H and O–H groups in total. The second-order valence-electron chi connectivity index (χ2n) is 3.40. The highest BCUT2D eigenvalue weighted by atomic mass is 127. The number of hydrogen-bond donors (Lipinski definition) is 2. The third-order valence-corrected chi connectivity index (χ3v) is 3.79. The molecule has 0 bridgehead atoms. The highest BCUT2D eigenvalue weighted by molar-refractivity contribution is 14.1. The van der Waals surface area contributed by atoms with Crippen molar-refractivity contribution in [2.75, 3.05) is 0 Å². The molecule has 2 rings (SSSR count). The Bertz CT molecular complexity index is 444. The number of halogens is 1.